The molecule has 0 aromatic heterocycles. The minimum atomic E-state index is -1.09. The molecule has 1 N–H and O–H groups in total. The maximum atomic E-state index is 13.6. The molecule has 0 saturated heterocycles. The number of aliphatic carboxylic acids is 1. The van der Waals surface area contributed by atoms with Crippen molar-refractivity contribution in [2.75, 3.05) is 0 Å². The lowest BCUT2D eigenvalue weighted by Crippen LogP contribution is -2.20. The van der Waals surface area contributed by atoms with E-state index >= 15 is 0 Å². The first-order valence-electron chi connectivity index (χ1n) is 7.35. The largest absolute Gasteiger partial charge is 0.478 e. The lowest BCUT2D eigenvalue weighted by molar-refractivity contribution is -0.131. The summed E-state index contributed by atoms with van der Waals surface area (Å²) in [4.78, 5) is 10.5. The fraction of sp³-hybridized carbons (Fsp3) is 0.471. The molecule has 0 unspecified atom stereocenters. The van der Waals surface area contributed by atoms with Crippen LogP contribution in [0.3, 0.4) is 0 Å². The van der Waals surface area contributed by atoms with E-state index in [-0.39, 0.29) is 11.7 Å². The number of ether oxygens (including phenoxy) is 1. The van der Waals surface area contributed by atoms with E-state index in [9.17, 15) is 9.18 Å². The smallest absolute Gasteiger partial charge is 0.328 e. The zero-order valence-electron chi connectivity index (χ0n) is 12.2. The Kier molecular flexibility index (Phi) is 5.51. The Labute approximate surface area is 124 Å². The number of carboxylic acid groups (broad SMARTS) is 1. The van der Waals surface area contributed by atoms with Gasteiger partial charge in [0.15, 0.2) is 0 Å². The lowest BCUT2D eigenvalue weighted by atomic mass is 9.89. The van der Waals surface area contributed by atoms with Gasteiger partial charge in [-0.15, -0.1) is 0 Å². The van der Waals surface area contributed by atoms with E-state index in [4.69, 9.17) is 9.84 Å². The lowest BCUT2D eigenvalue weighted by Gasteiger charge is -2.26. The molecule has 1 aliphatic rings. The van der Waals surface area contributed by atoms with Gasteiger partial charge < -0.3 is 9.84 Å². The fourth-order valence-corrected chi connectivity index (χ4v) is 2.58. The van der Waals surface area contributed by atoms with E-state index in [1.807, 2.05) is 0 Å². The summed E-state index contributed by atoms with van der Waals surface area (Å²) in [5.74, 6) is -0.737. The second kappa shape index (κ2) is 7.36. The Morgan fingerprint density at radius 3 is 2.76 bits per heavy atom. The Balaban J connectivity index is 1.94. The van der Waals surface area contributed by atoms with E-state index in [0.717, 1.165) is 30.4 Å². The minimum Gasteiger partial charge on any atom is -0.478 e. The summed E-state index contributed by atoms with van der Waals surface area (Å²) in [6, 6.07) is 4.67. The molecule has 0 bridgehead atoms. The molecule has 114 valence electrons. The Hall–Kier alpha value is -1.68. The van der Waals surface area contributed by atoms with Gasteiger partial charge in [0.25, 0.3) is 0 Å². The Morgan fingerprint density at radius 2 is 2.10 bits per heavy atom. The fourth-order valence-electron chi connectivity index (χ4n) is 2.58. The quantitative estimate of drug-likeness (QED) is 0.834. The van der Waals surface area contributed by atoms with Crippen LogP contribution in [0.15, 0.2) is 24.3 Å². The Morgan fingerprint density at radius 1 is 1.38 bits per heavy atom. The number of hydrogen-bond acceptors (Lipinski definition) is 2. The van der Waals surface area contributed by atoms with Crippen molar-refractivity contribution in [3.05, 3.63) is 41.2 Å². The molecular weight excluding hydrogens is 271 g/mol. The summed E-state index contributed by atoms with van der Waals surface area (Å²) in [7, 11) is 0. The van der Waals surface area contributed by atoms with Gasteiger partial charge in [-0.3, -0.25) is 0 Å². The molecule has 3 nitrogen and oxygen atoms in total. The monoisotopic (exact) mass is 292 g/mol. The molecular formula is C17H21FO3. The number of halogens is 1. The third-order valence-corrected chi connectivity index (χ3v) is 3.91. The van der Waals surface area contributed by atoms with Crippen molar-refractivity contribution >= 4 is 12.0 Å². The third kappa shape index (κ3) is 4.97. The second-order valence-corrected chi connectivity index (χ2v) is 5.72. The van der Waals surface area contributed by atoms with Crippen LogP contribution in [0.4, 0.5) is 4.39 Å². The number of carbonyl (C=O) groups is 1. The average Bonchev–Trinajstić information content (AvgIpc) is 2.46. The van der Waals surface area contributed by atoms with Gasteiger partial charge in [-0.25, -0.2) is 9.18 Å². The number of hydrogen-bond donors (Lipinski definition) is 1. The summed E-state index contributed by atoms with van der Waals surface area (Å²) in [5.41, 5.74) is 1.14. The maximum Gasteiger partial charge on any atom is 0.328 e. The standard InChI is InChI=1S/C17H21FO3/c1-12-2-6-15(7-3-12)21-11-13-4-8-16(18)14(10-13)5-9-17(19)20/h4-5,8-10,12,15H,2-3,6-7,11H2,1H3,(H,19,20). The van der Waals surface area contributed by atoms with Crippen molar-refractivity contribution in [2.45, 2.75) is 45.3 Å². The SMILES string of the molecule is CC1CCC(OCc2ccc(F)c(C=CC(=O)O)c2)CC1. The highest BCUT2D eigenvalue weighted by Gasteiger charge is 2.18. The minimum absolute atomic E-state index is 0.274. The van der Waals surface area contributed by atoms with Crippen LogP contribution in [-0.4, -0.2) is 17.2 Å². The summed E-state index contributed by atoms with van der Waals surface area (Å²) in [6.45, 7) is 2.70. The predicted molar refractivity (Wildman–Crippen MR) is 79.3 cm³/mol. The van der Waals surface area contributed by atoms with Gasteiger partial charge in [-0.05, 0) is 55.4 Å². The van der Waals surface area contributed by atoms with Crippen LogP contribution in [0.1, 0.15) is 43.7 Å². The van der Waals surface area contributed by atoms with Crippen LogP contribution in [-0.2, 0) is 16.1 Å². The second-order valence-electron chi connectivity index (χ2n) is 5.72. The van der Waals surface area contributed by atoms with Crippen molar-refractivity contribution in [3.63, 3.8) is 0 Å². The molecule has 0 aliphatic heterocycles. The van der Waals surface area contributed by atoms with Crippen LogP contribution in [0.5, 0.6) is 0 Å². The molecule has 0 radical (unpaired) electrons. The molecule has 1 aliphatic carbocycles. The van der Waals surface area contributed by atoms with Gasteiger partial charge in [0.05, 0.1) is 12.7 Å². The molecule has 1 saturated carbocycles. The topological polar surface area (TPSA) is 46.5 Å². The van der Waals surface area contributed by atoms with Crippen LogP contribution >= 0.6 is 0 Å². The molecule has 1 aromatic rings. The van der Waals surface area contributed by atoms with Crippen molar-refractivity contribution in [2.24, 2.45) is 5.92 Å². The number of rotatable bonds is 5. The van der Waals surface area contributed by atoms with E-state index < -0.39 is 11.8 Å². The molecule has 21 heavy (non-hydrogen) atoms. The van der Waals surface area contributed by atoms with E-state index in [1.165, 1.54) is 25.0 Å². The zero-order valence-corrected chi connectivity index (χ0v) is 12.2. The molecule has 0 amide bonds. The number of benzene rings is 1. The van der Waals surface area contributed by atoms with Gasteiger partial charge in [0, 0.05) is 11.6 Å². The van der Waals surface area contributed by atoms with Gasteiger partial charge in [0.1, 0.15) is 5.82 Å². The highest BCUT2D eigenvalue weighted by molar-refractivity contribution is 5.85. The summed E-state index contributed by atoms with van der Waals surface area (Å²) < 4.78 is 19.4. The molecule has 0 atom stereocenters. The van der Waals surface area contributed by atoms with Crippen LogP contribution in [0, 0.1) is 11.7 Å². The highest BCUT2D eigenvalue weighted by Crippen LogP contribution is 2.26. The molecule has 4 heteroatoms. The van der Waals surface area contributed by atoms with Gasteiger partial charge in [-0.1, -0.05) is 13.0 Å². The van der Waals surface area contributed by atoms with Crippen molar-refractivity contribution in [1.29, 1.82) is 0 Å². The van der Waals surface area contributed by atoms with Crippen molar-refractivity contribution < 1.29 is 19.0 Å². The first-order valence-corrected chi connectivity index (χ1v) is 7.35. The first-order chi connectivity index (χ1) is 10.0. The normalized spacial score (nSPS) is 22.6. The molecule has 2 rings (SSSR count). The van der Waals surface area contributed by atoms with Crippen molar-refractivity contribution in [3.8, 4) is 0 Å². The van der Waals surface area contributed by atoms with Gasteiger partial charge in [-0.2, -0.15) is 0 Å². The predicted octanol–water partition coefficient (Wildman–Crippen LogP) is 4.02. The summed E-state index contributed by atoms with van der Waals surface area (Å²) in [5, 5.41) is 8.60. The highest BCUT2D eigenvalue weighted by atomic mass is 19.1. The van der Waals surface area contributed by atoms with Crippen LogP contribution < -0.4 is 0 Å². The Bertz CT molecular complexity index is 517. The van der Waals surface area contributed by atoms with E-state index in [2.05, 4.69) is 6.92 Å². The van der Waals surface area contributed by atoms with E-state index in [0.29, 0.717) is 6.61 Å². The first kappa shape index (κ1) is 15.7. The molecule has 0 spiro atoms. The molecule has 1 fully saturated rings. The van der Waals surface area contributed by atoms with E-state index in [1.54, 1.807) is 12.1 Å². The van der Waals surface area contributed by atoms with Crippen LogP contribution in [0.25, 0.3) is 6.08 Å². The van der Waals surface area contributed by atoms with Crippen LogP contribution in [0.2, 0.25) is 0 Å². The molecule has 0 heterocycles. The molecule has 1 aromatic carbocycles. The number of carboxylic acids is 1. The third-order valence-electron chi connectivity index (χ3n) is 3.91. The average molecular weight is 292 g/mol. The summed E-state index contributed by atoms with van der Waals surface area (Å²) >= 11 is 0. The van der Waals surface area contributed by atoms with Gasteiger partial charge in [0.2, 0.25) is 0 Å². The van der Waals surface area contributed by atoms with Gasteiger partial charge >= 0.3 is 5.97 Å². The summed E-state index contributed by atoms with van der Waals surface area (Å²) in [6.07, 6.45) is 7.03. The zero-order chi connectivity index (χ0) is 15.2. The maximum absolute atomic E-state index is 13.6. The van der Waals surface area contributed by atoms with Crippen molar-refractivity contribution in [1.82, 2.24) is 0 Å².